The lowest BCUT2D eigenvalue weighted by Gasteiger charge is -2.34. The molecule has 2 aromatic rings. The third-order valence-electron chi connectivity index (χ3n) is 5.08. The third kappa shape index (κ3) is 8.33. The van der Waals surface area contributed by atoms with Crippen molar-refractivity contribution in [3.63, 3.8) is 0 Å². The van der Waals surface area contributed by atoms with Crippen molar-refractivity contribution < 1.29 is 9.47 Å². The highest BCUT2D eigenvalue weighted by molar-refractivity contribution is 6.31. The van der Waals surface area contributed by atoms with E-state index in [1.807, 2.05) is 50.2 Å². The SMILES string of the molecule is Cc1cc(OCCN2CCN(CCOc3ccc(Cl)c(C)c3)CC2)ccc1Cl.Cl.Cl. The minimum atomic E-state index is 0. The first kappa shape index (κ1) is 27.2. The molecule has 1 heterocycles. The molecule has 0 N–H and O–H groups in total. The summed E-state index contributed by atoms with van der Waals surface area (Å²) in [7, 11) is 0. The second-order valence-electron chi connectivity index (χ2n) is 7.20. The summed E-state index contributed by atoms with van der Waals surface area (Å²) in [5.74, 6) is 1.77. The summed E-state index contributed by atoms with van der Waals surface area (Å²) in [6.45, 7) is 11.5. The quantitative estimate of drug-likeness (QED) is 0.480. The minimum absolute atomic E-state index is 0. The first-order valence-electron chi connectivity index (χ1n) is 9.74. The molecule has 1 aliphatic rings. The molecule has 1 aliphatic heterocycles. The zero-order valence-corrected chi connectivity index (χ0v) is 20.5. The fraction of sp³-hybridized carbons (Fsp3) is 0.455. The Morgan fingerprint density at radius 1 is 0.700 bits per heavy atom. The van der Waals surface area contributed by atoms with Crippen LogP contribution in [0.1, 0.15) is 11.1 Å². The Morgan fingerprint density at radius 3 is 1.40 bits per heavy atom. The summed E-state index contributed by atoms with van der Waals surface area (Å²) in [5.41, 5.74) is 2.09. The molecule has 4 nitrogen and oxygen atoms in total. The fourth-order valence-electron chi connectivity index (χ4n) is 3.24. The first-order chi connectivity index (χ1) is 13.5. The molecule has 3 rings (SSSR count). The second-order valence-corrected chi connectivity index (χ2v) is 8.02. The highest BCUT2D eigenvalue weighted by Crippen LogP contribution is 2.22. The van der Waals surface area contributed by atoms with E-state index < -0.39 is 0 Å². The zero-order valence-electron chi connectivity index (χ0n) is 17.4. The number of nitrogens with zero attached hydrogens (tertiary/aromatic N) is 2. The molecule has 168 valence electrons. The van der Waals surface area contributed by atoms with E-state index in [9.17, 15) is 0 Å². The van der Waals surface area contributed by atoms with Gasteiger partial charge in [-0.2, -0.15) is 0 Å². The minimum Gasteiger partial charge on any atom is -0.492 e. The maximum absolute atomic E-state index is 6.05. The van der Waals surface area contributed by atoms with E-state index in [-0.39, 0.29) is 24.8 Å². The maximum Gasteiger partial charge on any atom is 0.119 e. The zero-order chi connectivity index (χ0) is 19.9. The van der Waals surface area contributed by atoms with Crippen molar-refractivity contribution in [3.8, 4) is 11.5 Å². The number of halogens is 4. The third-order valence-corrected chi connectivity index (χ3v) is 5.92. The summed E-state index contributed by atoms with van der Waals surface area (Å²) < 4.78 is 11.7. The van der Waals surface area contributed by atoms with Gasteiger partial charge in [-0.15, -0.1) is 24.8 Å². The normalized spacial score (nSPS) is 14.5. The molecule has 0 aromatic heterocycles. The number of aryl methyl sites for hydroxylation is 2. The molecular weight excluding hydrogens is 466 g/mol. The number of hydrogen-bond acceptors (Lipinski definition) is 4. The largest absolute Gasteiger partial charge is 0.492 e. The van der Waals surface area contributed by atoms with Crippen LogP contribution < -0.4 is 9.47 Å². The van der Waals surface area contributed by atoms with Gasteiger partial charge in [0, 0.05) is 49.3 Å². The van der Waals surface area contributed by atoms with Crippen molar-refractivity contribution >= 4 is 48.0 Å². The average Bonchev–Trinajstić information content (AvgIpc) is 2.69. The van der Waals surface area contributed by atoms with E-state index in [4.69, 9.17) is 32.7 Å². The van der Waals surface area contributed by atoms with Gasteiger partial charge in [-0.3, -0.25) is 9.80 Å². The van der Waals surface area contributed by atoms with Crippen LogP contribution in [0.15, 0.2) is 36.4 Å². The van der Waals surface area contributed by atoms with Crippen LogP contribution in [0.5, 0.6) is 11.5 Å². The van der Waals surface area contributed by atoms with Crippen molar-refractivity contribution in [3.05, 3.63) is 57.6 Å². The summed E-state index contributed by atoms with van der Waals surface area (Å²) in [6, 6.07) is 11.6. The molecule has 2 aromatic carbocycles. The van der Waals surface area contributed by atoms with Gasteiger partial charge in [0.1, 0.15) is 24.7 Å². The molecule has 30 heavy (non-hydrogen) atoms. The monoisotopic (exact) mass is 494 g/mol. The van der Waals surface area contributed by atoms with Gasteiger partial charge < -0.3 is 9.47 Å². The number of piperazine rings is 1. The second kappa shape index (κ2) is 13.5. The standard InChI is InChI=1S/C22H28Cl2N2O2.2ClH/c1-17-15-19(3-5-21(17)23)27-13-11-25-7-9-26(10-8-25)12-14-28-20-4-6-22(24)18(2)16-20;;/h3-6,15-16H,7-14H2,1-2H3;2*1H. The van der Waals surface area contributed by atoms with Gasteiger partial charge in [-0.05, 0) is 61.4 Å². The smallest absolute Gasteiger partial charge is 0.119 e. The van der Waals surface area contributed by atoms with Crippen molar-refractivity contribution in [2.45, 2.75) is 13.8 Å². The summed E-state index contributed by atoms with van der Waals surface area (Å²) in [5, 5.41) is 1.55. The van der Waals surface area contributed by atoms with Gasteiger partial charge in [-0.25, -0.2) is 0 Å². The predicted octanol–water partition coefficient (Wildman–Crippen LogP) is 5.53. The average molecular weight is 496 g/mol. The van der Waals surface area contributed by atoms with Gasteiger partial charge in [0.15, 0.2) is 0 Å². The van der Waals surface area contributed by atoms with Crippen LogP contribution in [0.4, 0.5) is 0 Å². The van der Waals surface area contributed by atoms with E-state index >= 15 is 0 Å². The Kier molecular flexibility index (Phi) is 12.2. The highest BCUT2D eigenvalue weighted by atomic mass is 35.5. The molecule has 0 saturated carbocycles. The fourth-order valence-corrected chi connectivity index (χ4v) is 3.47. The topological polar surface area (TPSA) is 24.9 Å². The molecule has 0 radical (unpaired) electrons. The molecule has 1 saturated heterocycles. The van der Waals surface area contributed by atoms with E-state index in [0.717, 1.165) is 71.9 Å². The lowest BCUT2D eigenvalue weighted by molar-refractivity contribution is 0.105. The van der Waals surface area contributed by atoms with Gasteiger partial charge in [-0.1, -0.05) is 23.2 Å². The molecule has 0 bridgehead atoms. The molecule has 8 heteroatoms. The van der Waals surface area contributed by atoms with Crippen molar-refractivity contribution in [1.82, 2.24) is 9.80 Å². The van der Waals surface area contributed by atoms with Crippen LogP contribution in [0.2, 0.25) is 10.0 Å². The Balaban J connectivity index is 0.00000225. The predicted molar refractivity (Wildman–Crippen MR) is 131 cm³/mol. The van der Waals surface area contributed by atoms with Crippen LogP contribution >= 0.6 is 48.0 Å². The number of rotatable bonds is 8. The van der Waals surface area contributed by atoms with Crippen LogP contribution in [0.3, 0.4) is 0 Å². The molecule has 1 fully saturated rings. The molecule has 0 spiro atoms. The molecular formula is C22H30Cl4N2O2. The van der Waals surface area contributed by atoms with Gasteiger partial charge in [0.25, 0.3) is 0 Å². The number of benzene rings is 2. The first-order valence-corrected chi connectivity index (χ1v) is 10.5. The molecule has 0 aliphatic carbocycles. The van der Waals surface area contributed by atoms with Gasteiger partial charge in [0.05, 0.1) is 0 Å². The Labute approximate surface area is 202 Å². The number of ether oxygens (including phenoxy) is 2. The van der Waals surface area contributed by atoms with Gasteiger partial charge >= 0.3 is 0 Å². The number of hydrogen-bond donors (Lipinski definition) is 0. The van der Waals surface area contributed by atoms with Crippen LogP contribution in [0, 0.1) is 13.8 Å². The van der Waals surface area contributed by atoms with Crippen molar-refractivity contribution in [1.29, 1.82) is 0 Å². The van der Waals surface area contributed by atoms with Crippen LogP contribution in [-0.4, -0.2) is 62.3 Å². The van der Waals surface area contributed by atoms with Crippen molar-refractivity contribution in [2.24, 2.45) is 0 Å². The Bertz CT molecular complexity index is 718. The summed E-state index contributed by atoms with van der Waals surface area (Å²) in [4.78, 5) is 4.89. The highest BCUT2D eigenvalue weighted by Gasteiger charge is 2.16. The van der Waals surface area contributed by atoms with Crippen molar-refractivity contribution in [2.75, 3.05) is 52.5 Å². The molecule has 0 amide bonds. The Morgan fingerprint density at radius 2 is 1.07 bits per heavy atom. The summed E-state index contributed by atoms with van der Waals surface area (Å²) in [6.07, 6.45) is 0. The van der Waals surface area contributed by atoms with Gasteiger partial charge in [0.2, 0.25) is 0 Å². The van der Waals surface area contributed by atoms with E-state index in [0.29, 0.717) is 13.2 Å². The van der Waals surface area contributed by atoms with E-state index in [1.165, 1.54) is 0 Å². The molecule has 0 atom stereocenters. The molecule has 0 unspecified atom stereocenters. The maximum atomic E-state index is 6.05. The van der Waals surface area contributed by atoms with E-state index in [2.05, 4.69) is 9.80 Å². The Hall–Kier alpha value is -0.880. The van der Waals surface area contributed by atoms with E-state index in [1.54, 1.807) is 0 Å². The van der Waals surface area contributed by atoms with Crippen LogP contribution in [0.25, 0.3) is 0 Å². The lowest BCUT2D eigenvalue weighted by atomic mass is 10.2. The lowest BCUT2D eigenvalue weighted by Crippen LogP contribution is -2.48. The summed E-state index contributed by atoms with van der Waals surface area (Å²) >= 11 is 12.1. The van der Waals surface area contributed by atoms with Crippen LogP contribution in [-0.2, 0) is 0 Å².